The minimum Gasteiger partial charge on any atom is -0.346 e. The van der Waals surface area contributed by atoms with Gasteiger partial charge in [-0.05, 0) is 0 Å². The number of rotatable bonds is 4. The van der Waals surface area contributed by atoms with Crippen LogP contribution >= 0.6 is 0 Å². The molecule has 0 spiro atoms. The molecule has 0 aromatic carbocycles. The Bertz CT molecular complexity index is 53.2. The molecular formula is C12H29AlSi. The van der Waals surface area contributed by atoms with Crippen LogP contribution in [0.1, 0.15) is 34.6 Å². The van der Waals surface area contributed by atoms with Gasteiger partial charge in [0, 0.05) is 8.07 Å². The zero-order valence-electron chi connectivity index (χ0n) is 11.0. The van der Waals surface area contributed by atoms with Crippen molar-refractivity contribution in [3.05, 3.63) is 20.8 Å². The summed E-state index contributed by atoms with van der Waals surface area (Å²) in [6.45, 7) is 21.0. The van der Waals surface area contributed by atoms with Crippen LogP contribution in [0.4, 0.5) is 0 Å². The zero-order chi connectivity index (χ0) is 11.3. The molecule has 0 nitrogen and oxygen atoms in total. The van der Waals surface area contributed by atoms with Gasteiger partial charge in [-0.2, -0.15) is 19.9 Å². The first-order chi connectivity index (χ1) is 6.24. The summed E-state index contributed by atoms with van der Waals surface area (Å²) in [5, 5.41) is 0. The molecule has 0 aliphatic heterocycles. The van der Waals surface area contributed by atoms with Crippen molar-refractivity contribution >= 4 is 25.4 Å². The van der Waals surface area contributed by atoms with E-state index in [-0.39, 0.29) is 17.4 Å². The van der Waals surface area contributed by atoms with E-state index in [1.165, 1.54) is 24.2 Å². The topological polar surface area (TPSA) is 0 Å². The molecule has 14 heavy (non-hydrogen) atoms. The van der Waals surface area contributed by atoms with Gasteiger partial charge in [-0.15, -0.1) is 0 Å². The van der Waals surface area contributed by atoms with Gasteiger partial charge in [0.15, 0.2) is 0 Å². The van der Waals surface area contributed by atoms with Crippen molar-refractivity contribution in [3.8, 4) is 0 Å². The van der Waals surface area contributed by atoms with Crippen LogP contribution in [0.25, 0.3) is 0 Å². The molecule has 0 unspecified atom stereocenters. The van der Waals surface area contributed by atoms with Crippen LogP contribution in [0, 0.1) is 20.8 Å². The van der Waals surface area contributed by atoms with Crippen LogP contribution in [-0.2, 0) is 0 Å². The van der Waals surface area contributed by atoms with E-state index in [2.05, 4.69) is 41.5 Å². The molecule has 0 bridgehead atoms. The summed E-state index contributed by atoms with van der Waals surface area (Å²) < 4.78 is 0. The van der Waals surface area contributed by atoms with Gasteiger partial charge >= 0.3 is 17.4 Å². The Balaban J connectivity index is -0.0000000883. The molecule has 0 heterocycles. The van der Waals surface area contributed by atoms with Crippen molar-refractivity contribution in [3.63, 3.8) is 0 Å². The summed E-state index contributed by atoms with van der Waals surface area (Å²) in [5.74, 6) is 0. The molecular weight excluding hydrogens is 199 g/mol. The normalized spacial score (nSPS) is 8.57. The molecule has 0 aromatic rings. The monoisotopic (exact) mass is 228 g/mol. The SMILES string of the molecule is [Al+3].[CH2-]C.[CH2-]C.[CH2-]C[Si](CC)(CC)CC. The van der Waals surface area contributed by atoms with E-state index >= 15 is 0 Å². The van der Waals surface area contributed by atoms with E-state index in [0.29, 0.717) is 0 Å². The van der Waals surface area contributed by atoms with Crippen LogP contribution in [-0.4, -0.2) is 25.4 Å². The van der Waals surface area contributed by atoms with Crippen molar-refractivity contribution in [2.24, 2.45) is 0 Å². The molecule has 0 saturated carbocycles. The molecule has 0 radical (unpaired) electrons. The van der Waals surface area contributed by atoms with E-state index in [9.17, 15) is 0 Å². The van der Waals surface area contributed by atoms with Crippen LogP contribution in [0.2, 0.25) is 24.2 Å². The van der Waals surface area contributed by atoms with Crippen LogP contribution < -0.4 is 0 Å². The molecule has 0 rings (SSSR count). The van der Waals surface area contributed by atoms with Gasteiger partial charge in [0.25, 0.3) is 0 Å². The summed E-state index contributed by atoms with van der Waals surface area (Å²) in [7, 11) is -0.802. The number of hydrogen-bond acceptors (Lipinski definition) is 0. The van der Waals surface area contributed by atoms with E-state index in [0.717, 1.165) is 0 Å². The van der Waals surface area contributed by atoms with Crippen molar-refractivity contribution in [2.75, 3.05) is 0 Å². The van der Waals surface area contributed by atoms with E-state index in [1.807, 2.05) is 0 Å². The molecule has 0 N–H and O–H groups in total. The van der Waals surface area contributed by atoms with E-state index in [4.69, 9.17) is 0 Å². The smallest absolute Gasteiger partial charge is 0.346 e. The van der Waals surface area contributed by atoms with Gasteiger partial charge < -0.3 is 20.8 Å². The predicted octanol–water partition coefficient (Wildman–Crippen LogP) is 4.63. The van der Waals surface area contributed by atoms with E-state index in [1.54, 1.807) is 13.8 Å². The summed E-state index contributed by atoms with van der Waals surface area (Å²) in [6, 6.07) is 5.49. The fourth-order valence-corrected chi connectivity index (χ4v) is 3.84. The Morgan fingerprint density at radius 3 is 1.00 bits per heavy atom. The van der Waals surface area contributed by atoms with Crippen LogP contribution in [0.3, 0.4) is 0 Å². The minimum absolute atomic E-state index is 0. The Labute approximate surface area is 105 Å². The molecule has 0 aliphatic rings. The Hall–Kier alpha value is 0.749. The van der Waals surface area contributed by atoms with Crippen LogP contribution in [0.15, 0.2) is 0 Å². The molecule has 0 saturated heterocycles. The second-order valence-corrected chi connectivity index (χ2v) is 8.43. The number of hydrogen-bond donors (Lipinski definition) is 0. The first-order valence-corrected chi connectivity index (χ1v) is 8.28. The molecule has 2 heteroatoms. The fourth-order valence-electron chi connectivity index (χ4n) is 1.28. The summed E-state index contributed by atoms with van der Waals surface area (Å²) in [6.07, 6.45) is 0. The predicted molar refractivity (Wildman–Crippen MR) is 75.2 cm³/mol. The molecule has 0 atom stereocenters. The van der Waals surface area contributed by atoms with Crippen LogP contribution in [0.5, 0.6) is 0 Å². The van der Waals surface area contributed by atoms with Crippen molar-refractivity contribution in [1.29, 1.82) is 0 Å². The quantitative estimate of drug-likeness (QED) is 0.486. The molecule has 84 valence electrons. The Morgan fingerprint density at radius 2 is 1.00 bits per heavy atom. The van der Waals surface area contributed by atoms with Gasteiger partial charge in [0.1, 0.15) is 0 Å². The first-order valence-electron chi connectivity index (χ1n) is 5.45. The average Bonchev–Trinajstić information content (AvgIpc) is 2.28. The van der Waals surface area contributed by atoms with Gasteiger partial charge in [0.2, 0.25) is 0 Å². The second-order valence-electron chi connectivity index (χ2n) is 2.81. The summed E-state index contributed by atoms with van der Waals surface area (Å²) in [5.41, 5.74) is 0. The molecule has 0 aliphatic carbocycles. The minimum atomic E-state index is -0.802. The maximum atomic E-state index is 4.03. The van der Waals surface area contributed by atoms with Crippen molar-refractivity contribution < 1.29 is 0 Å². The third kappa shape index (κ3) is 10.8. The standard InChI is InChI=1S/C8H19Si.2C2H5.Al/c1-5-9(6-2,7-3)8-4;2*1-2;/h1,5-8H2,2-4H3;2*1H2,2H3;/q3*-1;+3. The maximum Gasteiger partial charge on any atom is 3.00 e. The first kappa shape index (κ1) is 24.1. The zero-order valence-corrected chi connectivity index (χ0v) is 13.2. The third-order valence-electron chi connectivity index (χ3n) is 2.78. The van der Waals surface area contributed by atoms with Gasteiger partial charge in [0.05, 0.1) is 0 Å². The van der Waals surface area contributed by atoms with E-state index < -0.39 is 8.07 Å². The van der Waals surface area contributed by atoms with Gasteiger partial charge in [-0.25, -0.2) is 0 Å². The summed E-state index contributed by atoms with van der Waals surface area (Å²) >= 11 is 0. The Kier molecular flexibility index (Phi) is 33.3. The van der Waals surface area contributed by atoms with Crippen molar-refractivity contribution in [1.82, 2.24) is 0 Å². The third-order valence-corrected chi connectivity index (χ3v) is 8.34. The van der Waals surface area contributed by atoms with Crippen molar-refractivity contribution in [2.45, 2.75) is 58.8 Å². The second kappa shape index (κ2) is 19.3. The molecule has 0 fully saturated rings. The molecule has 0 aromatic heterocycles. The largest absolute Gasteiger partial charge is 3.00 e. The maximum absolute atomic E-state index is 4.03. The molecule has 0 amide bonds. The summed E-state index contributed by atoms with van der Waals surface area (Å²) in [4.78, 5) is 0. The average molecular weight is 228 g/mol. The Morgan fingerprint density at radius 1 is 0.786 bits per heavy atom. The van der Waals surface area contributed by atoms with Gasteiger partial charge in [-0.1, -0.05) is 38.9 Å². The van der Waals surface area contributed by atoms with Gasteiger partial charge in [-0.3, -0.25) is 0 Å². The fraction of sp³-hybridized carbons (Fsp3) is 0.750.